The SMILES string of the molecule is Cc1ccccc1C(Cc1ccccc1C(C)c1ccccc1)c1ccccc1. The molecule has 4 rings (SSSR count). The molecule has 0 spiro atoms. The van der Waals surface area contributed by atoms with Crippen molar-refractivity contribution in [3.05, 3.63) is 143 Å². The summed E-state index contributed by atoms with van der Waals surface area (Å²) < 4.78 is 0. The van der Waals surface area contributed by atoms with E-state index in [0.29, 0.717) is 11.8 Å². The highest BCUT2D eigenvalue weighted by Crippen LogP contribution is 2.34. The summed E-state index contributed by atoms with van der Waals surface area (Å²) in [7, 11) is 0. The number of benzene rings is 4. The van der Waals surface area contributed by atoms with E-state index < -0.39 is 0 Å². The van der Waals surface area contributed by atoms with Crippen LogP contribution in [0.5, 0.6) is 0 Å². The lowest BCUT2D eigenvalue weighted by Gasteiger charge is -2.24. The van der Waals surface area contributed by atoms with Crippen molar-refractivity contribution in [2.45, 2.75) is 32.1 Å². The Kier molecular flexibility index (Phi) is 5.91. The van der Waals surface area contributed by atoms with Gasteiger partial charge in [-0.2, -0.15) is 0 Å². The maximum Gasteiger partial charge on any atom is 0.0132 e. The third-order valence-corrected chi connectivity index (χ3v) is 6.01. The largest absolute Gasteiger partial charge is 0.0622 e. The molecule has 29 heavy (non-hydrogen) atoms. The number of rotatable bonds is 6. The second kappa shape index (κ2) is 8.92. The zero-order valence-electron chi connectivity index (χ0n) is 17.3. The molecule has 2 unspecified atom stereocenters. The van der Waals surface area contributed by atoms with Crippen molar-refractivity contribution < 1.29 is 0 Å². The predicted molar refractivity (Wildman–Crippen MR) is 124 cm³/mol. The minimum absolute atomic E-state index is 0.349. The van der Waals surface area contributed by atoms with Crippen LogP contribution in [0.25, 0.3) is 0 Å². The van der Waals surface area contributed by atoms with Crippen LogP contribution in [0.3, 0.4) is 0 Å². The summed E-state index contributed by atoms with van der Waals surface area (Å²) in [6, 6.07) is 39.5. The van der Waals surface area contributed by atoms with E-state index in [4.69, 9.17) is 0 Å². The first-order chi connectivity index (χ1) is 14.2. The van der Waals surface area contributed by atoms with Gasteiger partial charge < -0.3 is 0 Å². The quantitative estimate of drug-likeness (QED) is 0.326. The van der Waals surface area contributed by atoms with Gasteiger partial charge in [0.1, 0.15) is 0 Å². The number of aryl methyl sites for hydroxylation is 1. The molecule has 4 aromatic rings. The van der Waals surface area contributed by atoms with E-state index in [0.717, 1.165) is 6.42 Å². The molecule has 4 aromatic carbocycles. The first-order valence-corrected chi connectivity index (χ1v) is 10.5. The van der Waals surface area contributed by atoms with Crippen LogP contribution in [-0.4, -0.2) is 0 Å². The van der Waals surface area contributed by atoms with Crippen LogP contribution >= 0.6 is 0 Å². The van der Waals surface area contributed by atoms with E-state index in [1.165, 1.54) is 33.4 Å². The van der Waals surface area contributed by atoms with Gasteiger partial charge in [-0.1, -0.05) is 116 Å². The zero-order valence-corrected chi connectivity index (χ0v) is 17.3. The van der Waals surface area contributed by atoms with Gasteiger partial charge in [0.05, 0.1) is 0 Å². The van der Waals surface area contributed by atoms with E-state index in [1.807, 2.05) is 0 Å². The van der Waals surface area contributed by atoms with E-state index in [-0.39, 0.29) is 0 Å². The van der Waals surface area contributed by atoms with Crippen LogP contribution in [0.2, 0.25) is 0 Å². The summed E-state index contributed by atoms with van der Waals surface area (Å²) in [5.41, 5.74) is 8.38. The molecule has 0 nitrogen and oxygen atoms in total. The molecule has 0 N–H and O–H groups in total. The Labute approximate surface area is 174 Å². The van der Waals surface area contributed by atoms with Gasteiger partial charge in [0.25, 0.3) is 0 Å². The van der Waals surface area contributed by atoms with Crippen LogP contribution in [0.4, 0.5) is 0 Å². The Morgan fingerprint density at radius 1 is 0.552 bits per heavy atom. The van der Waals surface area contributed by atoms with Crippen molar-refractivity contribution in [2.75, 3.05) is 0 Å². The lowest BCUT2D eigenvalue weighted by molar-refractivity contribution is 0.777. The molecule has 0 aliphatic rings. The molecule has 0 bridgehead atoms. The fraction of sp³-hybridized carbons (Fsp3) is 0.172. The molecular formula is C29H28. The normalized spacial score (nSPS) is 13.0. The van der Waals surface area contributed by atoms with Crippen molar-refractivity contribution in [2.24, 2.45) is 0 Å². The van der Waals surface area contributed by atoms with Crippen molar-refractivity contribution in [1.82, 2.24) is 0 Å². The summed E-state index contributed by atoms with van der Waals surface area (Å²) >= 11 is 0. The van der Waals surface area contributed by atoms with Gasteiger partial charge >= 0.3 is 0 Å². The third kappa shape index (κ3) is 4.32. The summed E-state index contributed by atoms with van der Waals surface area (Å²) in [4.78, 5) is 0. The number of hydrogen-bond acceptors (Lipinski definition) is 0. The van der Waals surface area contributed by atoms with Gasteiger partial charge in [-0.15, -0.1) is 0 Å². The van der Waals surface area contributed by atoms with Gasteiger partial charge in [-0.3, -0.25) is 0 Å². The monoisotopic (exact) mass is 376 g/mol. The Hall–Kier alpha value is -3.12. The smallest absolute Gasteiger partial charge is 0.0132 e. The molecule has 0 amide bonds. The first-order valence-electron chi connectivity index (χ1n) is 10.5. The van der Waals surface area contributed by atoms with E-state index in [9.17, 15) is 0 Å². The van der Waals surface area contributed by atoms with Crippen LogP contribution < -0.4 is 0 Å². The summed E-state index contributed by atoms with van der Waals surface area (Å²) in [5, 5.41) is 0. The first kappa shape index (κ1) is 19.2. The van der Waals surface area contributed by atoms with E-state index in [1.54, 1.807) is 0 Å². The molecule has 144 valence electrons. The van der Waals surface area contributed by atoms with Crippen LogP contribution in [0, 0.1) is 6.92 Å². The molecule has 0 aromatic heterocycles. The molecule has 0 saturated carbocycles. The lowest BCUT2D eigenvalue weighted by atomic mass is 9.80. The van der Waals surface area contributed by atoms with Gasteiger partial charge in [-0.25, -0.2) is 0 Å². The average Bonchev–Trinajstić information content (AvgIpc) is 2.79. The molecule has 0 heterocycles. The number of hydrogen-bond donors (Lipinski definition) is 0. The molecular weight excluding hydrogens is 348 g/mol. The third-order valence-electron chi connectivity index (χ3n) is 6.01. The second-order valence-corrected chi connectivity index (χ2v) is 7.86. The van der Waals surface area contributed by atoms with Crippen LogP contribution in [0.15, 0.2) is 109 Å². The highest BCUT2D eigenvalue weighted by Gasteiger charge is 2.20. The molecule has 0 heteroatoms. The standard InChI is InChI=1S/C29H28/c1-22-13-9-11-19-27(22)29(25-16-7-4-8-17-25)21-26-18-10-12-20-28(26)23(2)24-14-5-3-6-15-24/h3-20,23,29H,21H2,1-2H3. The van der Waals surface area contributed by atoms with Crippen molar-refractivity contribution in [3.63, 3.8) is 0 Å². The summed E-state index contributed by atoms with van der Waals surface area (Å²) in [5.74, 6) is 0.724. The van der Waals surface area contributed by atoms with E-state index in [2.05, 4.69) is 123 Å². The fourth-order valence-electron chi connectivity index (χ4n) is 4.35. The summed E-state index contributed by atoms with van der Waals surface area (Å²) in [6.07, 6.45) is 1.00. The molecule has 0 radical (unpaired) electrons. The van der Waals surface area contributed by atoms with Crippen molar-refractivity contribution in [1.29, 1.82) is 0 Å². The minimum Gasteiger partial charge on any atom is -0.0622 e. The maximum absolute atomic E-state index is 2.32. The zero-order chi connectivity index (χ0) is 20.1. The highest BCUT2D eigenvalue weighted by molar-refractivity contribution is 5.43. The predicted octanol–water partition coefficient (Wildman–Crippen LogP) is 7.52. The van der Waals surface area contributed by atoms with Crippen molar-refractivity contribution >= 4 is 0 Å². The van der Waals surface area contributed by atoms with Crippen LogP contribution in [0.1, 0.15) is 52.1 Å². The molecule has 0 aliphatic carbocycles. The molecule has 0 aliphatic heterocycles. The highest BCUT2D eigenvalue weighted by atomic mass is 14.2. The van der Waals surface area contributed by atoms with Gasteiger partial charge in [-0.05, 0) is 46.7 Å². The van der Waals surface area contributed by atoms with E-state index >= 15 is 0 Å². The Morgan fingerprint density at radius 3 is 1.72 bits per heavy atom. The lowest BCUT2D eigenvalue weighted by Crippen LogP contribution is -2.10. The fourth-order valence-corrected chi connectivity index (χ4v) is 4.35. The van der Waals surface area contributed by atoms with Crippen LogP contribution in [-0.2, 0) is 6.42 Å². The molecule has 0 saturated heterocycles. The van der Waals surface area contributed by atoms with Gasteiger partial charge in [0.2, 0.25) is 0 Å². The summed E-state index contributed by atoms with van der Waals surface area (Å²) in [6.45, 7) is 4.54. The van der Waals surface area contributed by atoms with Crippen molar-refractivity contribution in [3.8, 4) is 0 Å². The average molecular weight is 377 g/mol. The minimum atomic E-state index is 0.349. The topological polar surface area (TPSA) is 0 Å². The maximum atomic E-state index is 2.32. The molecule has 2 atom stereocenters. The Morgan fingerprint density at radius 2 is 1.07 bits per heavy atom. The van der Waals surface area contributed by atoms with Gasteiger partial charge in [0.15, 0.2) is 0 Å². The van der Waals surface area contributed by atoms with Gasteiger partial charge in [0, 0.05) is 11.8 Å². The Balaban J connectivity index is 1.75. The molecule has 0 fully saturated rings. The second-order valence-electron chi connectivity index (χ2n) is 7.86. The Bertz CT molecular complexity index is 1050.